The van der Waals surface area contributed by atoms with Gasteiger partial charge in [0.15, 0.2) is 0 Å². The second kappa shape index (κ2) is 17.3. The Balaban J connectivity index is 0.000000420. The Morgan fingerprint density at radius 1 is 0.778 bits per heavy atom. The van der Waals surface area contributed by atoms with Crippen LogP contribution in [-0.2, 0) is 38.2 Å². The van der Waals surface area contributed by atoms with E-state index in [1.54, 1.807) is 13.4 Å². The Labute approximate surface area is 219 Å². The van der Waals surface area contributed by atoms with Crippen molar-refractivity contribution < 1.29 is 38.2 Å². The molecule has 14 heteroatoms. The van der Waals surface area contributed by atoms with Crippen molar-refractivity contribution in [3.8, 4) is 0 Å². The Kier molecular flexibility index (Phi) is 15.3. The molecule has 2 aliphatic heterocycles. The zero-order valence-electron chi connectivity index (χ0n) is 21.2. The summed E-state index contributed by atoms with van der Waals surface area (Å²) in [7, 11) is 3.07. The highest BCUT2D eigenvalue weighted by atomic mass is 32.2. The molecule has 0 aromatic heterocycles. The van der Waals surface area contributed by atoms with E-state index in [9.17, 15) is 28.8 Å². The average molecular weight is 549 g/mol. The fourth-order valence-electron chi connectivity index (χ4n) is 3.32. The Hall–Kier alpha value is -2.16. The number of ether oxygens (including phenoxy) is 2. The molecule has 36 heavy (non-hydrogen) atoms. The lowest BCUT2D eigenvalue weighted by atomic mass is 10.3. The van der Waals surface area contributed by atoms with Gasteiger partial charge in [-0.2, -0.15) is 23.5 Å². The summed E-state index contributed by atoms with van der Waals surface area (Å²) in [5.41, 5.74) is 0. The van der Waals surface area contributed by atoms with Gasteiger partial charge in [-0.1, -0.05) is 0 Å². The van der Waals surface area contributed by atoms with Crippen molar-refractivity contribution in [2.75, 3.05) is 66.1 Å². The van der Waals surface area contributed by atoms with E-state index in [-0.39, 0.29) is 71.8 Å². The van der Waals surface area contributed by atoms with Gasteiger partial charge in [-0.05, 0) is 12.5 Å². The van der Waals surface area contributed by atoms with Crippen LogP contribution >= 0.6 is 23.5 Å². The number of hydrogen-bond acceptors (Lipinski definition) is 10. The third-order valence-electron chi connectivity index (χ3n) is 5.36. The maximum Gasteiger partial charge on any atom is 0.242 e. The minimum atomic E-state index is -0.326. The third-order valence-corrected chi connectivity index (χ3v) is 7.23. The van der Waals surface area contributed by atoms with Crippen molar-refractivity contribution in [3.05, 3.63) is 0 Å². The molecule has 2 saturated heterocycles. The highest BCUT2D eigenvalue weighted by Crippen LogP contribution is 2.23. The molecule has 0 aromatic carbocycles. The lowest BCUT2D eigenvalue weighted by Crippen LogP contribution is -2.38. The van der Waals surface area contributed by atoms with E-state index in [2.05, 4.69) is 10.6 Å². The molecule has 204 valence electrons. The van der Waals surface area contributed by atoms with Crippen molar-refractivity contribution >= 4 is 59.0 Å². The van der Waals surface area contributed by atoms with Gasteiger partial charge in [-0.15, -0.1) is 0 Å². The van der Waals surface area contributed by atoms with Gasteiger partial charge in [0, 0.05) is 59.5 Å². The summed E-state index contributed by atoms with van der Waals surface area (Å²) >= 11 is 2.77. The molecular formula is C22H36N4O8S2. The fraction of sp³-hybridized carbons (Fsp3) is 0.727. The first-order valence-electron chi connectivity index (χ1n) is 11.4. The number of hydrogen-bond donors (Lipinski definition) is 2. The van der Waals surface area contributed by atoms with Crippen molar-refractivity contribution in [2.45, 2.75) is 36.2 Å². The van der Waals surface area contributed by atoms with Gasteiger partial charge in [0.25, 0.3) is 0 Å². The maximum absolute atomic E-state index is 11.9. The van der Waals surface area contributed by atoms with Crippen molar-refractivity contribution in [2.24, 2.45) is 0 Å². The van der Waals surface area contributed by atoms with Gasteiger partial charge in [0.05, 0.1) is 30.3 Å². The second-order valence-corrected chi connectivity index (χ2v) is 9.89. The first-order chi connectivity index (χ1) is 17.2. The maximum atomic E-state index is 11.9. The molecule has 6 amide bonds. The van der Waals surface area contributed by atoms with Crippen LogP contribution in [0.25, 0.3) is 0 Å². The number of amides is 6. The number of thioether (sulfide) groups is 2. The van der Waals surface area contributed by atoms with Crippen molar-refractivity contribution in [3.63, 3.8) is 0 Å². The number of rotatable bonds is 14. The molecule has 12 nitrogen and oxygen atoms in total. The molecule has 0 saturated carbocycles. The van der Waals surface area contributed by atoms with Crippen LogP contribution in [0.1, 0.15) is 25.7 Å². The topological polar surface area (TPSA) is 151 Å². The summed E-state index contributed by atoms with van der Waals surface area (Å²) in [5.74, 6) is -1.01. The minimum Gasteiger partial charge on any atom is -0.384 e. The molecule has 2 atom stereocenters. The number of methoxy groups -OCH3 is 2. The molecule has 2 heterocycles. The molecular weight excluding hydrogens is 512 g/mol. The lowest BCUT2D eigenvalue weighted by Gasteiger charge is -2.14. The zero-order chi connectivity index (χ0) is 27.1. The number of nitrogens with zero attached hydrogens (tertiary/aromatic N) is 2. The van der Waals surface area contributed by atoms with Crippen LogP contribution in [0.5, 0.6) is 0 Å². The standard InChI is InChI=1S/C14H23N3O5S.C8H13NO3S/c1-22-8-4-12(19)16-6-5-15-11(18)3-7-17-13(20)9-10(23-2)14(17)21;1-12-4-3-9-7(10)5-6(13-2)8(9)11/h10H,3-9H2,1-2H3,(H,15,18)(H,16,19);6H,3-5H2,1-2H3. The Bertz CT molecular complexity index is 798. The van der Waals surface area contributed by atoms with E-state index < -0.39 is 0 Å². The van der Waals surface area contributed by atoms with Crippen LogP contribution in [-0.4, -0.2) is 122 Å². The summed E-state index contributed by atoms with van der Waals surface area (Å²) in [6, 6.07) is 0. The molecule has 2 rings (SSSR count). The van der Waals surface area contributed by atoms with E-state index in [1.807, 2.05) is 6.26 Å². The lowest BCUT2D eigenvalue weighted by molar-refractivity contribution is -0.140. The molecule has 2 aliphatic rings. The highest BCUT2D eigenvalue weighted by molar-refractivity contribution is 8.00. The summed E-state index contributed by atoms with van der Waals surface area (Å²) < 4.78 is 9.60. The predicted molar refractivity (Wildman–Crippen MR) is 136 cm³/mol. The van der Waals surface area contributed by atoms with Crippen LogP contribution in [0, 0.1) is 0 Å². The van der Waals surface area contributed by atoms with E-state index in [4.69, 9.17) is 9.47 Å². The van der Waals surface area contributed by atoms with Gasteiger partial charge >= 0.3 is 0 Å². The van der Waals surface area contributed by atoms with E-state index in [1.165, 1.54) is 35.5 Å². The summed E-state index contributed by atoms with van der Waals surface area (Å²) in [5, 5.41) is 4.77. The normalized spacial score (nSPS) is 19.4. The van der Waals surface area contributed by atoms with Crippen LogP contribution < -0.4 is 10.6 Å². The SMILES string of the molecule is COCCC(=O)NCCNC(=O)CCN1C(=O)CC(SC)C1=O.COCCN1C(=O)CC(SC)C1=O. The second-order valence-electron chi connectivity index (χ2n) is 7.81. The zero-order valence-corrected chi connectivity index (χ0v) is 22.8. The summed E-state index contributed by atoms with van der Waals surface area (Å²) in [4.78, 5) is 71.7. The smallest absolute Gasteiger partial charge is 0.242 e. The Morgan fingerprint density at radius 3 is 1.64 bits per heavy atom. The van der Waals surface area contributed by atoms with E-state index >= 15 is 0 Å². The van der Waals surface area contributed by atoms with Crippen molar-refractivity contribution in [1.82, 2.24) is 20.4 Å². The molecule has 2 unspecified atom stereocenters. The highest BCUT2D eigenvalue weighted by Gasteiger charge is 2.38. The molecule has 0 aliphatic carbocycles. The van der Waals surface area contributed by atoms with E-state index in [0.717, 1.165) is 4.90 Å². The third kappa shape index (κ3) is 10.4. The minimum absolute atomic E-state index is 0.0657. The number of carbonyl (C=O) groups is 6. The van der Waals surface area contributed by atoms with Gasteiger partial charge in [0.1, 0.15) is 0 Å². The monoisotopic (exact) mass is 548 g/mol. The molecule has 2 N–H and O–H groups in total. The van der Waals surface area contributed by atoms with Gasteiger partial charge < -0.3 is 20.1 Å². The quantitative estimate of drug-likeness (QED) is 0.210. The molecule has 0 bridgehead atoms. The average Bonchev–Trinajstić information content (AvgIpc) is 3.30. The summed E-state index contributed by atoms with van der Waals surface area (Å²) in [6.45, 7) is 1.87. The number of carbonyl (C=O) groups excluding carboxylic acids is 6. The number of imide groups is 2. The van der Waals surface area contributed by atoms with E-state index in [0.29, 0.717) is 39.3 Å². The van der Waals surface area contributed by atoms with Crippen LogP contribution in [0.2, 0.25) is 0 Å². The number of likely N-dealkylation sites (tertiary alicyclic amines) is 2. The Morgan fingerprint density at radius 2 is 1.22 bits per heavy atom. The molecule has 2 fully saturated rings. The number of nitrogens with one attached hydrogen (secondary N) is 2. The van der Waals surface area contributed by atoms with Crippen LogP contribution in [0.3, 0.4) is 0 Å². The molecule has 0 aromatic rings. The predicted octanol–water partition coefficient (Wildman–Crippen LogP) is -0.741. The summed E-state index contributed by atoms with van der Waals surface area (Å²) in [6.07, 6.45) is 4.51. The van der Waals surface area contributed by atoms with Crippen LogP contribution in [0.4, 0.5) is 0 Å². The van der Waals surface area contributed by atoms with Gasteiger partial charge in [-0.25, -0.2) is 0 Å². The first-order valence-corrected chi connectivity index (χ1v) is 14.0. The fourth-order valence-corrected chi connectivity index (χ4v) is 4.59. The van der Waals surface area contributed by atoms with Crippen LogP contribution in [0.15, 0.2) is 0 Å². The first kappa shape index (κ1) is 31.9. The molecule has 0 spiro atoms. The molecule has 0 radical (unpaired) electrons. The van der Waals surface area contributed by atoms with Crippen molar-refractivity contribution in [1.29, 1.82) is 0 Å². The van der Waals surface area contributed by atoms with Gasteiger partial charge in [0.2, 0.25) is 35.4 Å². The van der Waals surface area contributed by atoms with Gasteiger partial charge in [-0.3, -0.25) is 38.6 Å². The largest absolute Gasteiger partial charge is 0.384 e.